The fourth-order valence-corrected chi connectivity index (χ4v) is 2.09. The molecule has 1 heterocycles. The van der Waals surface area contributed by atoms with Crippen molar-refractivity contribution in [3.63, 3.8) is 0 Å². The average molecular weight is 332 g/mol. The number of benzene rings is 1. The average Bonchev–Trinajstić information content (AvgIpc) is 3.01. The van der Waals surface area contributed by atoms with Crippen molar-refractivity contribution in [3.8, 4) is 24.0 Å². The molecule has 124 valence electrons. The topological polar surface area (TPSA) is 110 Å². The third kappa shape index (κ3) is 4.37. The van der Waals surface area contributed by atoms with E-state index in [0.717, 1.165) is 17.8 Å². The number of nitriles is 3. The van der Waals surface area contributed by atoms with E-state index in [9.17, 15) is 0 Å². The van der Waals surface area contributed by atoms with Crippen molar-refractivity contribution in [2.75, 3.05) is 5.32 Å². The van der Waals surface area contributed by atoms with Gasteiger partial charge in [0.1, 0.15) is 36.3 Å². The molecule has 7 nitrogen and oxygen atoms in total. The summed E-state index contributed by atoms with van der Waals surface area (Å²) in [5.41, 5.74) is 2.20. The van der Waals surface area contributed by atoms with E-state index in [1.54, 1.807) is 36.4 Å². The number of rotatable bonds is 6. The van der Waals surface area contributed by atoms with Crippen LogP contribution < -0.4 is 10.1 Å². The molecule has 0 bridgehead atoms. The molecule has 0 aliphatic carbocycles. The van der Waals surface area contributed by atoms with E-state index in [1.807, 2.05) is 30.8 Å². The van der Waals surface area contributed by atoms with Gasteiger partial charge in [0.15, 0.2) is 5.57 Å². The Morgan fingerprint density at radius 2 is 1.84 bits per heavy atom. The van der Waals surface area contributed by atoms with Crippen molar-refractivity contribution in [1.29, 1.82) is 15.8 Å². The van der Waals surface area contributed by atoms with Crippen LogP contribution in [0.1, 0.15) is 18.2 Å². The minimum absolute atomic E-state index is 0.0822. The van der Waals surface area contributed by atoms with Crippen LogP contribution in [0.2, 0.25) is 0 Å². The van der Waals surface area contributed by atoms with Gasteiger partial charge >= 0.3 is 0 Å². The van der Waals surface area contributed by atoms with E-state index in [2.05, 4.69) is 10.4 Å². The summed E-state index contributed by atoms with van der Waals surface area (Å²) in [6.45, 7) is 5.19. The van der Waals surface area contributed by atoms with Gasteiger partial charge in [-0.05, 0) is 38.1 Å². The second-order valence-electron chi connectivity index (χ2n) is 5.12. The van der Waals surface area contributed by atoms with Crippen LogP contribution >= 0.6 is 0 Å². The third-order valence-corrected chi connectivity index (χ3v) is 3.48. The number of hydrogen-bond acceptors (Lipinski definition) is 6. The molecule has 0 aliphatic heterocycles. The molecule has 7 heteroatoms. The van der Waals surface area contributed by atoms with Gasteiger partial charge in [-0.25, -0.2) is 0 Å². The number of aryl methyl sites for hydroxylation is 2. The molecular weight excluding hydrogens is 316 g/mol. The summed E-state index contributed by atoms with van der Waals surface area (Å²) in [6.07, 6.45) is 1.96. The van der Waals surface area contributed by atoms with Crippen LogP contribution in [-0.2, 0) is 13.2 Å². The lowest BCUT2D eigenvalue weighted by atomic mass is 10.2. The number of allylic oxidation sites excluding steroid dienone is 2. The van der Waals surface area contributed by atoms with E-state index >= 15 is 0 Å². The first-order valence-electron chi connectivity index (χ1n) is 7.58. The van der Waals surface area contributed by atoms with Gasteiger partial charge in [-0.3, -0.25) is 4.68 Å². The van der Waals surface area contributed by atoms with Gasteiger partial charge in [0.25, 0.3) is 0 Å². The first-order valence-corrected chi connectivity index (χ1v) is 7.58. The summed E-state index contributed by atoms with van der Waals surface area (Å²) in [6, 6.07) is 12.1. The smallest absolute Gasteiger partial charge is 0.163 e. The Bertz CT molecular complexity index is 887. The van der Waals surface area contributed by atoms with Crippen molar-refractivity contribution in [1.82, 2.24) is 9.78 Å². The fourth-order valence-electron chi connectivity index (χ4n) is 2.09. The molecule has 0 radical (unpaired) electrons. The van der Waals surface area contributed by atoms with E-state index in [-0.39, 0.29) is 11.3 Å². The van der Waals surface area contributed by atoms with Crippen LogP contribution in [0.3, 0.4) is 0 Å². The van der Waals surface area contributed by atoms with Gasteiger partial charge in [0.05, 0.1) is 5.69 Å². The van der Waals surface area contributed by atoms with Crippen molar-refractivity contribution < 1.29 is 4.74 Å². The lowest BCUT2D eigenvalue weighted by Gasteiger charge is -2.08. The summed E-state index contributed by atoms with van der Waals surface area (Å²) in [5, 5.41) is 33.8. The van der Waals surface area contributed by atoms with Gasteiger partial charge in [-0.1, -0.05) is 0 Å². The standard InChI is InChI=1S/C18H16N6O/c1-3-24-11-15(13(2)23-24)12-25-17-6-4-16(5-7-17)22-18(10-21)14(8-19)9-20/h4-7,11,22H,3,12H2,1-2H3. The molecular formula is C18H16N6O. The normalized spacial score (nSPS) is 9.40. The highest BCUT2D eigenvalue weighted by Crippen LogP contribution is 2.19. The van der Waals surface area contributed by atoms with Crippen LogP contribution in [-0.4, -0.2) is 9.78 Å². The van der Waals surface area contributed by atoms with Gasteiger partial charge in [-0.2, -0.15) is 20.9 Å². The Labute approximate surface area is 146 Å². The quantitative estimate of drug-likeness (QED) is 0.814. The highest BCUT2D eigenvalue weighted by molar-refractivity contribution is 5.58. The van der Waals surface area contributed by atoms with Crippen LogP contribution in [0.15, 0.2) is 41.7 Å². The molecule has 0 atom stereocenters. The Balaban J connectivity index is 2.04. The van der Waals surface area contributed by atoms with E-state index in [4.69, 9.17) is 20.5 Å². The number of ether oxygens (including phenoxy) is 1. The van der Waals surface area contributed by atoms with E-state index in [0.29, 0.717) is 18.0 Å². The Morgan fingerprint density at radius 3 is 2.36 bits per heavy atom. The zero-order valence-electron chi connectivity index (χ0n) is 13.9. The van der Waals surface area contributed by atoms with Gasteiger partial charge in [-0.15, -0.1) is 0 Å². The molecule has 0 saturated heterocycles. The number of nitrogens with one attached hydrogen (secondary N) is 1. The molecule has 1 N–H and O–H groups in total. The van der Waals surface area contributed by atoms with Gasteiger partial charge < -0.3 is 10.1 Å². The molecule has 2 rings (SSSR count). The highest BCUT2D eigenvalue weighted by atomic mass is 16.5. The number of nitrogens with zero attached hydrogens (tertiary/aromatic N) is 5. The summed E-state index contributed by atoms with van der Waals surface area (Å²) >= 11 is 0. The van der Waals surface area contributed by atoms with Crippen molar-refractivity contribution in [3.05, 3.63) is 53.0 Å². The Kier molecular flexibility index (Phi) is 5.77. The molecule has 0 aliphatic rings. The van der Waals surface area contributed by atoms with Crippen molar-refractivity contribution >= 4 is 5.69 Å². The zero-order valence-corrected chi connectivity index (χ0v) is 13.9. The maximum absolute atomic E-state index is 9.03. The lowest BCUT2D eigenvalue weighted by Crippen LogP contribution is -2.01. The molecule has 0 amide bonds. The minimum atomic E-state index is -0.258. The van der Waals surface area contributed by atoms with Crippen molar-refractivity contribution in [2.24, 2.45) is 0 Å². The molecule has 0 unspecified atom stereocenters. The fraction of sp³-hybridized carbons (Fsp3) is 0.222. The van der Waals surface area contributed by atoms with Crippen LogP contribution in [0.4, 0.5) is 5.69 Å². The first kappa shape index (κ1) is 17.6. The van der Waals surface area contributed by atoms with Gasteiger partial charge in [0, 0.05) is 24.0 Å². The molecule has 0 fully saturated rings. The third-order valence-electron chi connectivity index (χ3n) is 3.48. The minimum Gasteiger partial charge on any atom is -0.489 e. The van der Waals surface area contributed by atoms with Crippen LogP contribution in [0.25, 0.3) is 0 Å². The number of aromatic nitrogens is 2. The van der Waals surface area contributed by atoms with Crippen LogP contribution in [0, 0.1) is 40.9 Å². The molecule has 1 aromatic carbocycles. The Hall–Kier alpha value is -3.76. The predicted octanol–water partition coefficient (Wildman–Crippen LogP) is 3.03. The number of anilines is 1. The van der Waals surface area contributed by atoms with E-state index in [1.165, 1.54) is 0 Å². The summed E-state index contributed by atoms with van der Waals surface area (Å²) < 4.78 is 7.60. The zero-order chi connectivity index (χ0) is 18.2. The Morgan fingerprint density at radius 1 is 1.16 bits per heavy atom. The predicted molar refractivity (Wildman–Crippen MR) is 90.9 cm³/mol. The molecule has 0 spiro atoms. The number of hydrogen-bond donors (Lipinski definition) is 1. The SMILES string of the molecule is CCn1cc(COc2ccc(NC(C#N)=C(C#N)C#N)cc2)c(C)n1. The van der Waals surface area contributed by atoms with Crippen molar-refractivity contribution in [2.45, 2.75) is 27.0 Å². The van der Waals surface area contributed by atoms with Crippen LogP contribution in [0.5, 0.6) is 5.75 Å². The molecule has 1 aromatic heterocycles. The largest absolute Gasteiger partial charge is 0.489 e. The maximum atomic E-state index is 9.03. The second-order valence-corrected chi connectivity index (χ2v) is 5.12. The molecule has 2 aromatic rings. The lowest BCUT2D eigenvalue weighted by molar-refractivity contribution is 0.305. The molecule has 25 heavy (non-hydrogen) atoms. The first-order chi connectivity index (χ1) is 12.1. The maximum Gasteiger partial charge on any atom is 0.163 e. The van der Waals surface area contributed by atoms with Gasteiger partial charge in [0.2, 0.25) is 0 Å². The summed E-state index contributed by atoms with van der Waals surface area (Å²) in [4.78, 5) is 0. The summed E-state index contributed by atoms with van der Waals surface area (Å²) in [7, 11) is 0. The molecule has 0 saturated carbocycles. The monoisotopic (exact) mass is 332 g/mol. The second kappa shape index (κ2) is 8.19. The highest BCUT2D eigenvalue weighted by Gasteiger charge is 2.07. The summed E-state index contributed by atoms with van der Waals surface area (Å²) in [5.74, 6) is 0.664. The van der Waals surface area contributed by atoms with E-state index < -0.39 is 0 Å².